The van der Waals surface area contributed by atoms with Crippen molar-refractivity contribution in [2.24, 2.45) is 33.5 Å². The molecule has 4 aliphatic heterocycles. The fourth-order valence-electron chi connectivity index (χ4n) is 8.37. The van der Waals surface area contributed by atoms with E-state index in [9.17, 15) is 0 Å². The van der Waals surface area contributed by atoms with E-state index >= 15 is 0 Å². The fourth-order valence-corrected chi connectivity index (χ4v) is 8.37. The second-order valence-electron chi connectivity index (χ2n) is 16.8. The standard InChI is InChI=1S/C16H30O2.C15H28O2/c1-11-12-13(15(5,6)7)16(18-11,8-9-17-12)10-14(2,3)4;1-10-11-12(14(5,6)7)15(17-10,9-16-11)8-13(2,3)4/h11-13H,8-10H2,1-7H3;10-12H,8-9H2,1-7H3/t11-,12?,13-,16+;10-,11?,12-,15-/m00/s1. The van der Waals surface area contributed by atoms with Gasteiger partial charge in [-0.25, -0.2) is 0 Å². The van der Waals surface area contributed by atoms with Crippen LogP contribution in [0.4, 0.5) is 0 Å². The van der Waals surface area contributed by atoms with E-state index in [0.29, 0.717) is 17.3 Å². The van der Waals surface area contributed by atoms with Crippen LogP contribution in [0.2, 0.25) is 0 Å². The molecule has 4 heteroatoms. The van der Waals surface area contributed by atoms with Gasteiger partial charge in [0.15, 0.2) is 0 Å². The summed E-state index contributed by atoms with van der Waals surface area (Å²) in [6, 6.07) is 0. The molecule has 0 amide bonds. The van der Waals surface area contributed by atoms with Crippen molar-refractivity contribution in [2.45, 2.75) is 152 Å². The van der Waals surface area contributed by atoms with Gasteiger partial charge >= 0.3 is 0 Å². The summed E-state index contributed by atoms with van der Waals surface area (Å²) >= 11 is 0. The Balaban J connectivity index is 0.000000196. The van der Waals surface area contributed by atoms with Crippen LogP contribution in [0, 0.1) is 33.5 Å². The summed E-state index contributed by atoms with van der Waals surface area (Å²) in [5.74, 6) is 1.03. The Hall–Kier alpha value is -0.160. The molecule has 4 aliphatic rings. The Morgan fingerprint density at radius 3 is 1.43 bits per heavy atom. The van der Waals surface area contributed by atoms with Gasteiger partial charge in [0.1, 0.15) is 0 Å². The van der Waals surface area contributed by atoms with Gasteiger partial charge < -0.3 is 18.9 Å². The summed E-state index contributed by atoms with van der Waals surface area (Å²) in [6.45, 7) is 33.8. The lowest BCUT2D eigenvalue weighted by atomic mass is 9.62. The average molecular weight is 495 g/mol. The monoisotopic (exact) mass is 494 g/mol. The van der Waals surface area contributed by atoms with Crippen LogP contribution in [0.15, 0.2) is 0 Å². The van der Waals surface area contributed by atoms with E-state index in [-0.39, 0.29) is 51.9 Å². The first-order chi connectivity index (χ1) is 15.6. The van der Waals surface area contributed by atoms with Gasteiger partial charge in [0.2, 0.25) is 0 Å². The van der Waals surface area contributed by atoms with Gasteiger partial charge in [-0.1, -0.05) is 83.1 Å². The molecule has 206 valence electrons. The van der Waals surface area contributed by atoms with E-state index in [1.807, 2.05) is 0 Å². The summed E-state index contributed by atoms with van der Waals surface area (Å²) < 4.78 is 24.9. The molecule has 0 aromatic rings. The molecule has 0 saturated carbocycles. The van der Waals surface area contributed by atoms with Crippen LogP contribution in [0.5, 0.6) is 0 Å². The fraction of sp³-hybridized carbons (Fsp3) is 1.00. The molecule has 4 bridgehead atoms. The molecule has 4 nitrogen and oxygen atoms in total. The highest BCUT2D eigenvalue weighted by molar-refractivity contribution is 5.11. The molecular weight excluding hydrogens is 436 g/mol. The molecule has 0 aromatic carbocycles. The van der Waals surface area contributed by atoms with Crippen molar-refractivity contribution in [3.05, 3.63) is 0 Å². The minimum Gasteiger partial charge on any atom is -0.375 e. The first-order valence-corrected chi connectivity index (χ1v) is 14.2. The van der Waals surface area contributed by atoms with E-state index in [0.717, 1.165) is 32.5 Å². The molecule has 35 heavy (non-hydrogen) atoms. The molecule has 0 aliphatic carbocycles. The number of fused-ring (bicyclic) bond motifs is 4. The first-order valence-electron chi connectivity index (χ1n) is 14.2. The quantitative estimate of drug-likeness (QED) is 0.394. The molecule has 4 saturated heterocycles. The van der Waals surface area contributed by atoms with Crippen molar-refractivity contribution < 1.29 is 18.9 Å². The maximum Gasteiger partial charge on any atom is 0.0983 e. The maximum absolute atomic E-state index is 6.46. The number of rotatable bonds is 2. The van der Waals surface area contributed by atoms with E-state index in [4.69, 9.17) is 18.9 Å². The van der Waals surface area contributed by atoms with Crippen molar-refractivity contribution in [1.82, 2.24) is 0 Å². The summed E-state index contributed by atoms with van der Waals surface area (Å²) in [5.41, 5.74) is 1.04. The number of hydrogen-bond acceptors (Lipinski definition) is 4. The molecule has 0 aromatic heterocycles. The maximum atomic E-state index is 6.46. The van der Waals surface area contributed by atoms with Crippen molar-refractivity contribution in [2.75, 3.05) is 13.2 Å². The smallest absolute Gasteiger partial charge is 0.0983 e. The molecule has 2 unspecified atom stereocenters. The molecular formula is C31H58O4. The Morgan fingerprint density at radius 2 is 1.00 bits per heavy atom. The van der Waals surface area contributed by atoms with Crippen LogP contribution in [-0.2, 0) is 18.9 Å². The highest BCUT2D eigenvalue weighted by Crippen LogP contribution is 2.57. The first kappa shape index (κ1) is 29.4. The lowest BCUT2D eigenvalue weighted by Gasteiger charge is -2.48. The van der Waals surface area contributed by atoms with Crippen molar-refractivity contribution in [3.8, 4) is 0 Å². The zero-order valence-corrected chi connectivity index (χ0v) is 25.6. The second kappa shape index (κ2) is 9.24. The zero-order chi connectivity index (χ0) is 26.8. The molecule has 4 rings (SSSR count). The predicted octanol–water partition coefficient (Wildman–Crippen LogP) is 7.67. The third kappa shape index (κ3) is 6.13. The molecule has 4 fully saturated rings. The Morgan fingerprint density at radius 1 is 0.600 bits per heavy atom. The molecule has 0 spiro atoms. The Bertz CT molecular complexity index is 733. The van der Waals surface area contributed by atoms with Gasteiger partial charge in [-0.2, -0.15) is 0 Å². The van der Waals surface area contributed by atoms with Gasteiger partial charge in [-0.15, -0.1) is 0 Å². The second-order valence-corrected chi connectivity index (χ2v) is 16.8. The zero-order valence-electron chi connectivity index (χ0n) is 25.6. The van der Waals surface area contributed by atoms with Gasteiger partial charge in [0.05, 0.1) is 42.2 Å². The van der Waals surface area contributed by atoms with Crippen molar-refractivity contribution in [3.63, 3.8) is 0 Å². The van der Waals surface area contributed by atoms with Crippen molar-refractivity contribution >= 4 is 0 Å². The molecule has 0 N–H and O–H groups in total. The summed E-state index contributed by atoms with van der Waals surface area (Å²) in [6.07, 6.45) is 4.31. The van der Waals surface area contributed by atoms with Crippen LogP contribution in [-0.4, -0.2) is 48.8 Å². The Labute approximate surface area is 217 Å². The van der Waals surface area contributed by atoms with Crippen LogP contribution in [0.3, 0.4) is 0 Å². The van der Waals surface area contributed by atoms with Gasteiger partial charge in [0.25, 0.3) is 0 Å². The number of hydrogen-bond donors (Lipinski definition) is 0. The van der Waals surface area contributed by atoms with Crippen LogP contribution in [0.25, 0.3) is 0 Å². The van der Waals surface area contributed by atoms with Crippen LogP contribution in [0.1, 0.15) is 116 Å². The molecule has 0 radical (unpaired) electrons. The summed E-state index contributed by atoms with van der Waals surface area (Å²) in [4.78, 5) is 0. The minimum atomic E-state index is -0.0550. The van der Waals surface area contributed by atoms with Gasteiger partial charge in [0, 0.05) is 24.9 Å². The molecule has 4 heterocycles. The normalized spacial score (nSPS) is 41.7. The molecule has 8 atom stereocenters. The topological polar surface area (TPSA) is 36.9 Å². The van der Waals surface area contributed by atoms with Gasteiger partial charge in [-0.05, 0) is 48.3 Å². The van der Waals surface area contributed by atoms with E-state index in [2.05, 4.69) is 96.9 Å². The lowest BCUT2D eigenvalue weighted by Crippen LogP contribution is -2.52. The minimum absolute atomic E-state index is 0.0266. The van der Waals surface area contributed by atoms with Crippen LogP contribution >= 0.6 is 0 Å². The number of ether oxygens (including phenoxy) is 4. The van der Waals surface area contributed by atoms with Gasteiger partial charge in [-0.3, -0.25) is 0 Å². The Kier molecular flexibility index (Phi) is 7.76. The summed E-state index contributed by atoms with van der Waals surface area (Å²) in [5, 5.41) is 0. The lowest BCUT2D eigenvalue weighted by molar-refractivity contribution is -0.150. The largest absolute Gasteiger partial charge is 0.375 e. The highest BCUT2D eigenvalue weighted by atomic mass is 16.6. The van der Waals surface area contributed by atoms with E-state index < -0.39 is 0 Å². The van der Waals surface area contributed by atoms with E-state index in [1.54, 1.807) is 0 Å². The third-order valence-electron chi connectivity index (χ3n) is 8.44. The van der Waals surface area contributed by atoms with Crippen molar-refractivity contribution in [1.29, 1.82) is 0 Å². The third-order valence-corrected chi connectivity index (χ3v) is 8.44. The van der Waals surface area contributed by atoms with Crippen LogP contribution < -0.4 is 0 Å². The average Bonchev–Trinajstić information content (AvgIpc) is 3.13. The SMILES string of the molecule is C[C@@H]1O[C@@]2(CC(C)(C)C)CCOC1[C@H]2C(C)(C)C.C[C@@H]1O[C@@]2(CC(C)(C)C)COC1[C@H]2C(C)(C)C. The van der Waals surface area contributed by atoms with E-state index in [1.165, 1.54) is 0 Å². The highest BCUT2D eigenvalue weighted by Gasteiger charge is 2.64. The predicted molar refractivity (Wildman–Crippen MR) is 145 cm³/mol. The summed E-state index contributed by atoms with van der Waals surface area (Å²) in [7, 11) is 0.